The minimum Gasteiger partial charge on any atom is -0.490 e. The summed E-state index contributed by atoms with van der Waals surface area (Å²) in [4.78, 5) is 2.18. The summed E-state index contributed by atoms with van der Waals surface area (Å²) in [5, 5.41) is 33.0. The van der Waals surface area contributed by atoms with Crippen molar-refractivity contribution in [1.82, 2.24) is 15.1 Å². The SMILES string of the molecule is Cc1nnc(-c2cc3c(OCC(O)CN4CCC(O)(c5ccc6ccccc6c5)CC4)cccc3o2)o1. The number of aromatic nitrogens is 2. The summed E-state index contributed by atoms with van der Waals surface area (Å²) in [6.45, 7) is 3.74. The van der Waals surface area contributed by atoms with E-state index in [1.807, 2.05) is 42.5 Å². The molecule has 2 N–H and O–H groups in total. The standard InChI is InChI=1S/C29H29N3O5/c1-19-30-31-28(36-19)27-16-24-25(7-4-8-26(24)37-27)35-18-23(33)17-32-13-11-29(34,12-14-32)22-10-9-20-5-2-3-6-21(20)15-22/h2-10,15-16,23,33-34H,11-14,17-18H2,1H3. The van der Waals surface area contributed by atoms with Crippen LogP contribution in [0.25, 0.3) is 33.4 Å². The number of rotatable bonds is 7. The Kier molecular flexibility index (Phi) is 6.16. The monoisotopic (exact) mass is 499 g/mol. The third-order valence-electron chi connectivity index (χ3n) is 7.13. The molecule has 0 spiro atoms. The maximum atomic E-state index is 11.4. The number of nitrogens with zero attached hydrogens (tertiary/aromatic N) is 3. The molecule has 0 saturated carbocycles. The molecule has 6 rings (SSSR count). The van der Waals surface area contributed by atoms with Crippen LogP contribution >= 0.6 is 0 Å². The Bertz CT molecular complexity index is 1530. The fourth-order valence-electron chi connectivity index (χ4n) is 5.07. The van der Waals surface area contributed by atoms with Crippen molar-refractivity contribution in [1.29, 1.82) is 0 Å². The topological polar surface area (TPSA) is 105 Å². The van der Waals surface area contributed by atoms with Crippen molar-refractivity contribution < 1.29 is 23.8 Å². The Morgan fingerprint density at radius 1 is 0.973 bits per heavy atom. The van der Waals surface area contributed by atoms with E-state index in [0.29, 0.717) is 61.4 Å². The number of likely N-dealkylation sites (tertiary alicyclic amines) is 1. The Balaban J connectivity index is 1.06. The molecule has 1 unspecified atom stereocenters. The highest BCUT2D eigenvalue weighted by Crippen LogP contribution is 2.35. The lowest BCUT2D eigenvalue weighted by Crippen LogP contribution is -2.46. The molecule has 3 aromatic carbocycles. The summed E-state index contributed by atoms with van der Waals surface area (Å²) >= 11 is 0. The third kappa shape index (κ3) is 4.83. The van der Waals surface area contributed by atoms with Crippen LogP contribution in [0, 0.1) is 6.92 Å². The predicted octanol–water partition coefficient (Wildman–Crippen LogP) is 4.67. The van der Waals surface area contributed by atoms with Gasteiger partial charge in [0.15, 0.2) is 5.76 Å². The third-order valence-corrected chi connectivity index (χ3v) is 7.13. The largest absolute Gasteiger partial charge is 0.490 e. The molecule has 3 heterocycles. The molecule has 2 aromatic heterocycles. The normalized spacial score (nSPS) is 16.8. The van der Waals surface area contributed by atoms with Crippen molar-refractivity contribution in [3.63, 3.8) is 0 Å². The van der Waals surface area contributed by atoms with Gasteiger partial charge in [-0.25, -0.2) is 0 Å². The van der Waals surface area contributed by atoms with E-state index in [1.165, 1.54) is 5.39 Å². The summed E-state index contributed by atoms with van der Waals surface area (Å²) in [5.41, 5.74) is 0.743. The van der Waals surface area contributed by atoms with E-state index >= 15 is 0 Å². The van der Waals surface area contributed by atoms with Gasteiger partial charge in [-0.05, 0) is 47.4 Å². The Hall–Kier alpha value is -3.72. The molecule has 190 valence electrons. The van der Waals surface area contributed by atoms with E-state index in [-0.39, 0.29) is 6.61 Å². The fraction of sp³-hybridized carbons (Fsp3) is 0.310. The second-order valence-corrected chi connectivity index (χ2v) is 9.76. The molecule has 0 amide bonds. The smallest absolute Gasteiger partial charge is 0.283 e. The second kappa shape index (κ2) is 9.63. The number of aliphatic hydroxyl groups is 2. The van der Waals surface area contributed by atoms with Crippen LogP contribution in [0.1, 0.15) is 24.3 Å². The highest BCUT2D eigenvalue weighted by Gasteiger charge is 2.34. The lowest BCUT2D eigenvalue weighted by atomic mass is 9.83. The van der Waals surface area contributed by atoms with E-state index in [0.717, 1.165) is 16.3 Å². The average molecular weight is 500 g/mol. The number of aliphatic hydroxyl groups excluding tert-OH is 1. The van der Waals surface area contributed by atoms with Gasteiger partial charge < -0.3 is 28.7 Å². The van der Waals surface area contributed by atoms with Gasteiger partial charge in [0.2, 0.25) is 5.89 Å². The van der Waals surface area contributed by atoms with Gasteiger partial charge >= 0.3 is 0 Å². The van der Waals surface area contributed by atoms with Crippen molar-refractivity contribution in [2.24, 2.45) is 0 Å². The van der Waals surface area contributed by atoms with Crippen LogP contribution in [-0.4, -0.2) is 57.7 Å². The van der Waals surface area contributed by atoms with Gasteiger partial charge in [-0.2, -0.15) is 0 Å². The van der Waals surface area contributed by atoms with E-state index in [2.05, 4.69) is 39.4 Å². The number of ether oxygens (including phenoxy) is 1. The Morgan fingerprint density at radius 3 is 2.57 bits per heavy atom. The van der Waals surface area contributed by atoms with Crippen LogP contribution in [0.15, 0.2) is 75.6 Å². The number of β-amino-alcohol motifs (C(OH)–C–C–N with tert-alkyl or cyclic N) is 1. The molecule has 1 fully saturated rings. The molecule has 1 saturated heterocycles. The zero-order chi connectivity index (χ0) is 25.4. The zero-order valence-corrected chi connectivity index (χ0v) is 20.6. The van der Waals surface area contributed by atoms with E-state index < -0.39 is 11.7 Å². The second-order valence-electron chi connectivity index (χ2n) is 9.76. The first-order valence-corrected chi connectivity index (χ1v) is 12.5. The van der Waals surface area contributed by atoms with Crippen LogP contribution in [0.3, 0.4) is 0 Å². The minimum atomic E-state index is -0.854. The van der Waals surface area contributed by atoms with Gasteiger partial charge in [-0.15, -0.1) is 10.2 Å². The quantitative estimate of drug-likeness (QED) is 0.333. The molecule has 8 heteroatoms. The summed E-state index contributed by atoms with van der Waals surface area (Å²) in [7, 11) is 0. The van der Waals surface area contributed by atoms with Gasteiger partial charge in [0.1, 0.15) is 24.0 Å². The van der Waals surface area contributed by atoms with Crippen molar-refractivity contribution in [3.05, 3.63) is 78.2 Å². The molecule has 37 heavy (non-hydrogen) atoms. The number of hydrogen-bond donors (Lipinski definition) is 2. The number of benzene rings is 3. The Morgan fingerprint density at radius 2 is 1.78 bits per heavy atom. The first-order valence-electron chi connectivity index (χ1n) is 12.5. The van der Waals surface area contributed by atoms with Gasteiger partial charge in [0.25, 0.3) is 5.89 Å². The van der Waals surface area contributed by atoms with Gasteiger partial charge in [-0.1, -0.05) is 42.5 Å². The lowest BCUT2D eigenvalue weighted by Gasteiger charge is -2.39. The van der Waals surface area contributed by atoms with Crippen LogP contribution in [0.4, 0.5) is 0 Å². The van der Waals surface area contributed by atoms with Crippen LogP contribution in [0.2, 0.25) is 0 Å². The van der Waals surface area contributed by atoms with Gasteiger partial charge in [-0.3, -0.25) is 0 Å². The van der Waals surface area contributed by atoms with Crippen molar-refractivity contribution in [2.45, 2.75) is 31.5 Å². The number of furan rings is 1. The van der Waals surface area contributed by atoms with E-state index in [4.69, 9.17) is 13.6 Å². The van der Waals surface area contributed by atoms with Crippen molar-refractivity contribution >= 4 is 21.7 Å². The van der Waals surface area contributed by atoms with Gasteiger partial charge in [0.05, 0.1) is 11.0 Å². The molecule has 0 radical (unpaired) electrons. The molecule has 8 nitrogen and oxygen atoms in total. The molecule has 0 aliphatic carbocycles. The van der Waals surface area contributed by atoms with Crippen molar-refractivity contribution in [3.8, 4) is 17.4 Å². The molecule has 5 aromatic rings. The summed E-state index contributed by atoms with van der Waals surface area (Å²) in [6, 6.07) is 21.7. The van der Waals surface area contributed by atoms with E-state index in [9.17, 15) is 10.2 Å². The van der Waals surface area contributed by atoms with Gasteiger partial charge in [0, 0.05) is 32.6 Å². The Labute approximate surface area is 214 Å². The molecule has 1 aliphatic heterocycles. The zero-order valence-electron chi connectivity index (χ0n) is 20.6. The summed E-state index contributed by atoms with van der Waals surface area (Å²) in [6.07, 6.45) is 0.558. The maximum absolute atomic E-state index is 11.4. The molecule has 0 bridgehead atoms. The molecular weight excluding hydrogens is 470 g/mol. The molecule has 1 atom stereocenters. The predicted molar refractivity (Wildman–Crippen MR) is 139 cm³/mol. The number of aryl methyl sites for hydroxylation is 1. The van der Waals surface area contributed by atoms with Crippen LogP contribution < -0.4 is 4.74 Å². The molecular formula is C29H29N3O5. The number of fused-ring (bicyclic) bond motifs is 2. The summed E-state index contributed by atoms with van der Waals surface area (Å²) in [5.74, 6) is 1.86. The highest BCUT2D eigenvalue weighted by molar-refractivity contribution is 5.87. The lowest BCUT2D eigenvalue weighted by molar-refractivity contribution is -0.0371. The summed E-state index contributed by atoms with van der Waals surface area (Å²) < 4.78 is 17.3. The minimum absolute atomic E-state index is 0.144. The first kappa shape index (κ1) is 23.7. The van der Waals surface area contributed by atoms with Crippen LogP contribution in [0.5, 0.6) is 5.75 Å². The number of piperidine rings is 1. The van der Waals surface area contributed by atoms with E-state index in [1.54, 1.807) is 6.92 Å². The van der Waals surface area contributed by atoms with Crippen molar-refractivity contribution in [2.75, 3.05) is 26.2 Å². The highest BCUT2D eigenvalue weighted by atomic mass is 16.5. The maximum Gasteiger partial charge on any atom is 0.283 e. The fourth-order valence-corrected chi connectivity index (χ4v) is 5.07. The first-order chi connectivity index (χ1) is 18.0. The molecule has 1 aliphatic rings. The average Bonchev–Trinajstić information content (AvgIpc) is 3.55. The van der Waals surface area contributed by atoms with Crippen LogP contribution in [-0.2, 0) is 5.60 Å². The number of hydrogen-bond acceptors (Lipinski definition) is 8.